The number of nitrogens with one attached hydrogen (secondary N) is 1. The number of carbonyl (C=O) groups is 1. The van der Waals surface area contributed by atoms with E-state index in [0.717, 1.165) is 32.1 Å². The molecule has 1 amide bonds. The van der Waals surface area contributed by atoms with E-state index in [0.29, 0.717) is 30.3 Å². The number of aryl methyl sites for hydroxylation is 1. The highest BCUT2D eigenvalue weighted by Gasteiger charge is 2.24. The van der Waals surface area contributed by atoms with Crippen molar-refractivity contribution in [3.63, 3.8) is 0 Å². The number of nitrogens with zero attached hydrogens (tertiary/aromatic N) is 2. The quantitative estimate of drug-likeness (QED) is 0.570. The van der Waals surface area contributed by atoms with Crippen molar-refractivity contribution in [3.05, 3.63) is 52.1 Å². The average molecular weight is 450 g/mol. The Hall–Kier alpha value is -2.85. The second kappa shape index (κ2) is 8.88. The van der Waals surface area contributed by atoms with Crippen molar-refractivity contribution in [2.24, 2.45) is 0 Å². The van der Waals surface area contributed by atoms with E-state index in [9.17, 15) is 18.0 Å². The SMILES string of the molecule is CCOc1ccccc1N(CC(=O)Nc1ccc2c(c1)sc(=O)n2CC)S(C)(=O)=O. The Balaban J connectivity index is 1.85. The summed E-state index contributed by atoms with van der Waals surface area (Å²) in [7, 11) is -3.74. The normalized spacial score (nSPS) is 11.4. The van der Waals surface area contributed by atoms with Gasteiger partial charge in [0.05, 0.1) is 28.8 Å². The van der Waals surface area contributed by atoms with Crippen molar-refractivity contribution in [1.82, 2.24) is 4.57 Å². The van der Waals surface area contributed by atoms with Crippen LogP contribution in [0.3, 0.4) is 0 Å². The van der Waals surface area contributed by atoms with Crippen molar-refractivity contribution in [2.45, 2.75) is 20.4 Å². The first-order valence-corrected chi connectivity index (χ1v) is 12.0. The molecule has 0 fully saturated rings. The van der Waals surface area contributed by atoms with E-state index in [1.54, 1.807) is 54.0 Å². The van der Waals surface area contributed by atoms with Gasteiger partial charge in [-0.05, 0) is 44.2 Å². The van der Waals surface area contributed by atoms with Crippen LogP contribution in [-0.2, 0) is 21.4 Å². The number of aromatic nitrogens is 1. The molecule has 2 aromatic carbocycles. The number of benzene rings is 2. The molecule has 30 heavy (non-hydrogen) atoms. The summed E-state index contributed by atoms with van der Waals surface area (Å²) in [5.41, 5.74) is 1.59. The summed E-state index contributed by atoms with van der Waals surface area (Å²) in [6.45, 7) is 4.20. The molecule has 0 atom stereocenters. The molecule has 1 aromatic heterocycles. The molecule has 0 aliphatic heterocycles. The van der Waals surface area contributed by atoms with Crippen LogP contribution in [-0.4, -0.2) is 38.3 Å². The molecule has 8 nitrogen and oxygen atoms in total. The van der Waals surface area contributed by atoms with Crippen LogP contribution < -0.4 is 19.2 Å². The van der Waals surface area contributed by atoms with Crippen LogP contribution in [0.2, 0.25) is 0 Å². The lowest BCUT2D eigenvalue weighted by Gasteiger charge is -2.24. The largest absolute Gasteiger partial charge is 0.492 e. The summed E-state index contributed by atoms with van der Waals surface area (Å²) in [5, 5.41) is 2.71. The maximum absolute atomic E-state index is 12.7. The zero-order valence-electron chi connectivity index (χ0n) is 16.9. The molecule has 0 radical (unpaired) electrons. The molecule has 0 saturated carbocycles. The summed E-state index contributed by atoms with van der Waals surface area (Å²) in [4.78, 5) is 24.6. The lowest BCUT2D eigenvalue weighted by Crippen LogP contribution is -2.37. The molecule has 3 rings (SSSR count). The fourth-order valence-electron chi connectivity index (χ4n) is 3.10. The lowest BCUT2D eigenvalue weighted by atomic mass is 10.2. The number of para-hydroxylation sites is 2. The van der Waals surface area contributed by atoms with Crippen LogP contribution in [0.1, 0.15) is 13.8 Å². The van der Waals surface area contributed by atoms with Gasteiger partial charge in [-0.25, -0.2) is 8.42 Å². The number of fused-ring (bicyclic) bond motifs is 1. The Bertz CT molecular complexity index is 1230. The van der Waals surface area contributed by atoms with E-state index >= 15 is 0 Å². The number of carbonyl (C=O) groups excluding carboxylic acids is 1. The summed E-state index contributed by atoms with van der Waals surface area (Å²) < 4.78 is 33.7. The number of anilines is 2. The maximum Gasteiger partial charge on any atom is 0.308 e. The Morgan fingerprint density at radius 1 is 1.20 bits per heavy atom. The molecule has 0 bridgehead atoms. The Kier molecular flexibility index (Phi) is 6.47. The second-order valence-electron chi connectivity index (χ2n) is 6.51. The van der Waals surface area contributed by atoms with Gasteiger partial charge < -0.3 is 10.1 Å². The number of thiazole rings is 1. The van der Waals surface area contributed by atoms with E-state index in [2.05, 4.69) is 5.32 Å². The number of amides is 1. The smallest absolute Gasteiger partial charge is 0.308 e. The molecule has 1 N–H and O–H groups in total. The monoisotopic (exact) mass is 449 g/mol. The van der Waals surface area contributed by atoms with Gasteiger partial charge in [0.25, 0.3) is 0 Å². The summed E-state index contributed by atoms with van der Waals surface area (Å²) >= 11 is 1.10. The standard InChI is InChI=1S/C20H23N3O5S2/c1-4-22-16-11-10-14(12-18(16)29-20(22)25)21-19(24)13-23(30(3,26)27)15-8-6-7-9-17(15)28-5-2/h6-12H,4-5,13H2,1-3H3,(H,21,24). The van der Waals surface area contributed by atoms with Gasteiger partial charge in [0.15, 0.2) is 0 Å². The molecule has 10 heteroatoms. The van der Waals surface area contributed by atoms with Crippen molar-refractivity contribution < 1.29 is 17.9 Å². The Labute approximate surface area is 178 Å². The summed E-state index contributed by atoms with van der Waals surface area (Å²) in [6.07, 6.45) is 1.04. The van der Waals surface area contributed by atoms with Crippen molar-refractivity contribution in [1.29, 1.82) is 0 Å². The first-order chi connectivity index (χ1) is 14.2. The molecule has 1 heterocycles. The highest BCUT2D eigenvalue weighted by molar-refractivity contribution is 7.92. The van der Waals surface area contributed by atoms with Crippen molar-refractivity contribution >= 4 is 48.9 Å². The average Bonchev–Trinajstić information content (AvgIpc) is 3.00. The number of hydrogen-bond donors (Lipinski definition) is 1. The molecule has 0 aliphatic carbocycles. The minimum atomic E-state index is -3.74. The zero-order valence-corrected chi connectivity index (χ0v) is 18.5. The fourth-order valence-corrected chi connectivity index (χ4v) is 4.95. The van der Waals surface area contributed by atoms with Crippen LogP contribution >= 0.6 is 11.3 Å². The maximum atomic E-state index is 12.7. The predicted molar refractivity (Wildman–Crippen MR) is 120 cm³/mol. The fraction of sp³-hybridized carbons (Fsp3) is 0.300. The van der Waals surface area contributed by atoms with Crippen LogP contribution in [0.15, 0.2) is 47.3 Å². The molecular weight excluding hydrogens is 426 g/mol. The van der Waals surface area contributed by atoms with E-state index in [1.165, 1.54) is 0 Å². The Morgan fingerprint density at radius 2 is 1.93 bits per heavy atom. The third kappa shape index (κ3) is 4.65. The second-order valence-corrected chi connectivity index (χ2v) is 9.41. The molecule has 0 aliphatic rings. The molecule has 0 saturated heterocycles. The van der Waals surface area contributed by atoms with E-state index < -0.39 is 22.5 Å². The van der Waals surface area contributed by atoms with Crippen LogP contribution in [0.25, 0.3) is 10.2 Å². The number of hydrogen-bond acceptors (Lipinski definition) is 6. The van der Waals surface area contributed by atoms with Gasteiger partial charge >= 0.3 is 4.87 Å². The van der Waals surface area contributed by atoms with Crippen LogP contribution in [0, 0.1) is 0 Å². The van der Waals surface area contributed by atoms with E-state index in [4.69, 9.17) is 4.74 Å². The van der Waals surface area contributed by atoms with Crippen molar-refractivity contribution in [3.8, 4) is 5.75 Å². The van der Waals surface area contributed by atoms with Gasteiger partial charge in [-0.2, -0.15) is 0 Å². The summed E-state index contributed by atoms with van der Waals surface area (Å²) in [6, 6.07) is 11.8. The number of sulfonamides is 1. The molecule has 3 aromatic rings. The highest BCUT2D eigenvalue weighted by Crippen LogP contribution is 2.30. The van der Waals surface area contributed by atoms with Crippen LogP contribution in [0.4, 0.5) is 11.4 Å². The predicted octanol–water partition coefficient (Wildman–Crippen LogP) is 2.89. The first-order valence-electron chi connectivity index (χ1n) is 9.37. The highest BCUT2D eigenvalue weighted by atomic mass is 32.2. The third-order valence-corrected chi connectivity index (χ3v) is 6.46. The van der Waals surface area contributed by atoms with Crippen molar-refractivity contribution in [2.75, 3.05) is 29.0 Å². The molecule has 0 unspecified atom stereocenters. The lowest BCUT2D eigenvalue weighted by molar-refractivity contribution is -0.114. The van der Waals surface area contributed by atoms with Gasteiger partial charge in [-0.3, -0.25) is 18.5 Å². The summed E-state index contributed by atoms with van der Waals surface area (Å²) in [5.74, 6) is -0.126. The number of ether oxygens (including phenoxy) is 1. The molecule has 0 spiro atoms. The van der Waals surface area contributed by atoms with E-state index in [1.807, 2.05) is 6.92 Å². The Morgan fingerprint density at radius 3 is 2.60 bits per heavy atom. The van der Waals surface area contributed by atoms with Gasteiger partial charge in [0.1, 0.15) is 12.3 Å². The topological polar surface area (TPSA) is 97.7 Å². The van der Waals surface area contributed by atoms with Gasteiger partial charge in [0, 0.05) is 12.2 Å². The van der Waals surface area contributed by atoms with Crippen LogP contribution in [0.5, 0.6) is 5.75 Å². The minimum Gasteiger partial charge on any atom is -0.492 e. The minimum absolute atomic E-state index is 0.0632. The number of rotatable bonds is 8. The van der Waals surface area contributed by atoms with E-state index in [-0.39, 0.29) is 4.87 Å². The molecular formula is C20H23N3O5S2. The van der Waals surface area contributed by atoms with Gasteiger partial charge in [0.2, 0.25) is 15.9 Å². The third-order valence-electron chi connectivity index (χ3n) is 4.39. The van der Waals surface area contributed by atoms with Gasteiger partial charge in [-0.1, -0.05) is 23.5 Å². The zero-order chi connectivity index (χ0) is 21.9. The first kappa shape index (κ1) is 21.8. The van der Waals surface area contributed by atoms with Gasteiger partial charge in [-0.15, -0.1) is 0 Å². The molecule has 160 valence electrons.